The first-order chi connectivity index (χ1) is 21.4. The Bertz CT molecular complexity index is 2260. The van der Waals surface area contributed by atoms with E-state index in [0.717, 1.165) is 27.7 Å². The number of aromatic nitrogens is 5. The lowest BCUT2D eigenvalue weighted by Crippen LogP contribution is -2.15. The molecule has 7 aromatic rings. The minimum absolute atomic E-state index is 0.291. The largest absolute Gasteiger partial charge is 0.383 e. The number of hydrogen-bond donors (Lipinski definition) is 2. The van der Waals surface area contributed by atoms with E-state index in [1.807, 2.05) is 70.8 Å². The fraction of sp³-hybridized carbons (Fsp3) is 0.0882. The van der Waals surface area contributed by atoms with Crippen LogP contribution in [0.3, 0.4) is 0 Å². The number of halogens is 2. The van der Waals surface area contributed by atoms with Gasteiger partial charge in [-0.1, -0.05) is 48.5 Å². The highest BCUT2D eigenvalue weighted by atomic mass is 19.1. The average molecular weight is 588 g/mol. The minimum Gasteiger partial charge on any atom is -0.383 e. The van der Waals surface area contributed by atoms with Crippen LogP contribution in [0.15, 0.2) is 113 Å². The first-order valence-corrected chi connectivity index (χ1v) is 14.0. The molecule has 7 rings (SSSR count). The Balaban J connectivity index is 1.30. The number of H-pyrrole nitrogens is 1. The van der Waals surface area contributed by atoms with Crippen LogP contribution in [-0.4, -0.2) is 29.7 Å². The smallest absolute Gasteiger partial charge is 0.348 e. The molecule has 218 valence electrons. The van der Waals surface area contributed by atoms with Crippen LogP contribution in [-0.2, 0) is 20.1 Å². The second-order valence-corrected chi connectivity index (χ2v) is 10.7. The van der Waals surface area contributed by atoms with Gasteiger partial charge in [0, 0.05) is 53.4 Å². The predicted octanol–water partition coefficient (Wildman–Crippen LogP) is 5.91. The first-order valence-electron chi connectivity index (χ1n) is 14.0. The summed E-state index contributed by atoms with van der Waals surface area (Å²) in [6, 6.07) is 26.6. The van der Waals surface area contributed by atoms with Gasteiger partial charge < -0.3 is 14.9 Å². The van der Waals surface area contributed by atoms with Crippen molar-refractivity contribution in [1.29, 1.82) is 0 Å². The summed E-state index contributed by atoms with van der Waals surface area (Å²) in [5, 5.41) is 7.97. The van der Waals surface area contributed by atoms with Gasteiger partial charge >= 0.3 is 5.69 Å². The number of fused-ring (bicyclic) bond motifs is 2. The summed E-state index contributed by atoms with van der Waals surface area (Å²) < 4.78 is 34.1. The molecule has 3 aromatic heterocycles. The molecule has 0 saturated heterocycles. The predicted molar refractivity (Wildman–Crippen MR) is 168 cm³/mol. The van der Waals surface area contributed by atoms with Crippen molar-refractivity contribution in [3.8, 4) is 17.1 Å². The molecular weight excluding hydrogens is 560 g/mol. The number of aromatic amines is 1. The summed E-state index contributed by atoms with van der Waals surface area (Å²) in [5.74, 6) is -0.122. The Kier molecular flexibility index (Phi) is 6.66. The summed E-state index contributed by atoms with van der Waals surface area (Å²) in [6.45, 7) is 0.891. The number of rotatable bonds is 7. The molecule has 3 heterocycles. The maximum Gasteiger partial charge on any atom is 0.348 e. The Morgan fingerprint density at radius 2 is 1.59 bits per heavy atom. The van der Waals surface area contributed by atoms with E-state index in [1.54, 1.807) is 24.5 Å². The summed E-state index contributed by atoms with van der Waals surface area (Å²) in [7, 11) is 1.84. The average Bonchev–Trinajstić information content (AvgIpc) is 3.68. The second kappa shape index (κ2) is 10.8. The molecule has 0 saturated carbocycles. The van der Waals surface area contributed by atoms with Gasteiger partial charge in [-0.3, -0.25) is 4.99 Å². The molecule has 4 aromatic carbocycles. The van der Waals surface area contributed by atoms with E-state index in [2.05, 4.69) is 15.2 Å². The van der Waals surface area contributed by atoms with Crippen molar-refractivity contribution in [2.45, 2.75) is 13.1 Å². The Hall–Kier alpha value is -5.77. The van der Waals surface area contributed by atoms with Crippen LogP contribution in [0.25, 0.3) is 38.9 Å². The lowest BCUT2D eigenvalue weighted by Gasteiger charge is -2.08. The third kappa shape index (κ3) is 4.86. The maximum atomic E-state index is 14.6. The van der Waals surface area contributed by atoms with Crippen molar-refractivity contribution in [1.82, 2.24) is 23.9 Å². The van der Waals surface area contributed by atoms with Crippen LogP contribution in [0.2, 0.25) is 0 Å². The van der Waals surface area contributed by atoms with Crippen LogP contribution in [0.1, 0.15) is 16.7 Å². The second-order valence-electron chi connectivity index (χ2n) is 10.7. The van der Waals surface area contributed by atoms with Gasteiger partial charge in [-0.05, 0) is 53.6 Å². The van der Waals surface area contributed by atoms with Gasteiger partial charge in [0.05, 0.1) is 17.7 Å². The topological polar surface area (TPSA) is 98.9 Å². The SMILES string of the molecule is Cn1cc(-c2n[nH]c(=O)n2-c2cn(Cc3cccc(C(N)=NCc4ccccc4)c3)c3ccc(F)cc23)c2cc(F)ccc21. The zero-order valence-corrected chi connectivity index (χ0v) is 23.7. The zero-order chi connectivity index (χ0) is 30.4. The first kappa shape index (κ1) is 27.1. The van der Waals surface area contributed by atoms with Crippen molar-refractivity contribution < 1.29 is 8.78 Å². The lowest BCUT2D eigenvalue weighted by molar-refractivity contribution is 0.629. The van der Waals surface area contributed by atoms with Gasteiger partial charge in [0.1, 0.15) is 17.5 Å². The van der Waals surface area contributed by atoms with E-state index in [1.165, 1.54) is 28.8 Å². The third-order valence-electron chi connectivity index (χ3n) is 7.78. The third-order valence-corrected chi connectivity index (χ3v) is 7.78. The van der Waals surface area contributed by atoms with Gasteiger partial charge in [-0.25, -0.2) is 23.2 Å². The molecule has 0 aliphatic heterocycles. The quantitative estimate of drug-likeness (QED) is 0.179. The van der Waals surface area contributed by atoms with E-state index < -0.39 is 17.3 Å². The van der Waals surface area contributed by atoms with Gasteiger partial charge in [0.2, 0.25) is 0 Å². The lowest BCUT2D eigenvalue weighted by atomic mass is 10.1. The number of benzene rings is 4. The summed E-state index contributed by atoms with van der Waals surface area (Å²) in [5.41, 5.74) is 11.2. The van der Waals surface area contributed by atoms with E-state index in [0.29, 0.717) is 46.8 Å². The summed E-state index contributed by atoms with van der Waals surface area (Å²) in [6.07, 6.45) is 3.60. The monoisotopic (exact) mass is 587 g/mol. The number of nitrogens with one attached hydrogen (secondary N) is 1. The fourth-order valence-corrected chi connectivity index (χ4v) is 5.68. The molecule has 0 fully saturated rings. The van der Waals surface area contributed by atoms with Crippen LogP contribution in [0, 0.1) is 11.6 Å². The molecular formula is C34H27F2N7O. The number of nitrogens with two attached hydrogens (primary N) is 1. The van der Waals surface area contributed by atoms with Crippen molar-refractivity contribution in [3.05, 3.63) is 142 Å². The molecule has 0 aliphatic rings. The Morgan fingerprint density at radius 3 is 2.39 bits per heavy atom. The molecule has 44 heavy (non-hydrogen) atoms. The zero-order valence-electron chi connectivity index (χ0n) is 23.7. The molecule has 10 heteroatoms. The molecule has 0 radical (unpaired) electrons. The number of hydrogen-bond acceptors (Lipinski definition) is 3. The van der Waals surface area contributed by atoms with Crippen LogP contribution in [0.4, 0.5) is 8.78 Å². The van der Waals surface area contributed by atoms with Crippen LogP contribution in [0.5, 0.6) is 0 Å². The molecule has 0 aliphatic carbocycles. The molecule has 0 amide bonds. The normalized spacial score (nSPS) is 12.0. The molecule has 0 spiro atoms. The van der Waals surface area contributed by atoms with Crippen molar-refractivity contribution in [2.75, 3.05) is 0 Å². The Labute approximate surface area is 250 Å². The molecule has 3 N–H and O–H groups in total. The highest BCUT2D eigenvalue weighted by Gasteiger charge is 2.21. The summed E-state index contributed by atoms with van der Waals surface area (Å²) >= 11 is 0. The van der Waals surface area contributed by atoms with Crippen LogP contribution < -0.4 is 11.4 Å². The minimum atomic E-state index is -0.499. The number of aryl methyl sites for hydroxylation is 1. The van der Waals surface area contributed by atoms with Gasteiger partial charge in [0.25, 0.3) is 0 Å². The van der Waals surface area contributed by atoms with Gasteiger partial charge in [-0.15, -0.1) is 0 Å². The van der Waals surface area contributed by atoms with Crippen molar-refractivity contribution in [2.24, 2.45) is 17.8 Å². The highest BCUT2D eigenvalue weighted by molar-refractivity contribution is 5.98. The van der Waals surface area contributed by atoms with Crippen LogP contribution >= 0.6 is 0 Å². The standard InChI is InChI=1S/C34H27F2N7O/c1-41-19-28(26-15-24(35)10-12-29(26)41)33-39-40-34(44)43(33)31-20-42(30-13-11-25(36)16-27(30)31)18-22-8-5-9-23(14-22)32(37)38-17-21-6-3-2-4-7-21/h2-16,19-20H,17-18H2,1H3,(H2,37,38)(H,40,44). The molecule has 0 bridgehead atoms. The van der Waals surface area contributed by atoms with E-state index >= 15 is 0 Å². The Morgan fingerprint density at radius 1 is 0.864 bits per heavy atom. The van der Waals surface area contributed by atoms with E-state index in [-0.39, 0.29) is 0 Å². The van der Waals surface area contributed by atoms with Gasteiger partial charge in [-0.2, -0.15) is 5.10 Å². The van der Waals surface area contributed by atoms with E-state index in [9.17, 15) is 13.6 Å². The number of aliphatic imine (C=N–C) groups is 1. The summed E-state index contributed by atoms with van der Waals surface area (Å²) in [4.78, 5) is 17.8. The highest BCUT2D eigenvalue weighted by Crippen LogP contribution is 2.33. The molecule has 8 nitrogen and oxygen atoms in total. The van der Waals surface area contributed by atoms with Crippen molar-refractivity contribution >= 4 is 27.6 Å². The van der Waals surface area contributed by atoms with Gasteiger partial charge in [0.15, 0.2) is 5.82 Å². The molecule has 0 atom stereocenters. The van der Waals surface area contributed by atoms with E-state index in [4.69, 9.17) is 5.73 Å². The number of amidine groups is 1. The molecule has 0 unspecified atom stereocenters. The number of nitrogens with zero attached hydrogens (tertiary/aromatic N) is 5. The maximum absolute atomic E-state index is 14.6. The fourth-order valence-electron chi connectivity index (χ4n) is 5.68. The van der Waals surface area contributed by atoms with Crippen molar-refractivity contribution in [3.63, 3.8) is 0 Å².